The van der Waals surface area contributed by atoms with E-state index in [-0.39, 0.29) is 22.6 Å². The summed E-state index contributed by atoms with van der Waals surface area (Å²) in [6, 6.07) is 26.4. The molecular formula is C32H34N4O4S. The van der Waals surface area contributed by atoms with E-state index in [1.165, 1.54) is 6.26 Å². The van der Waals surface area contributed by atoms with Gasteiger partial charge in [0.15, 0.2) is 27.1 Å². The SMILES string of the molecule is CS(=O)(=O)c1cccc(-c2nc([C@]3(Oc4ccccc4)CC[C@H](C(N)=O)C(c4ccccc4)C3)n(CC3CC3)n2)c1. The number of aromatic nitrogens is 3. The topological polar surface area (TPSA) is 117 Å². The summed E-state index contributed by atoms with van der Waals surface area (Å²) in [5, 5.41) is 4.94. The van der Waals surface area contributed by atoms with Crippen LogP contribution in [0, 0.1) is 11.8 Å². The number of rotatable bonds is 9. The number of carbonyl (C=O) groups excluding carboxylic acids is 1. The number of nitrogens with zero attached hydrogens (tertiary/aromatic N) is 3. The number of amides is 1. The molecule has 0 aliphatic heterocycles. The molecule has 4 aromatic rings. The highest BCUT2D eigenvalue weighted by atomic mass is 32.2. The molecule has 0 saturated heterocycles. The molecule has 1 unspecified atom stereocenters. The molecule has 41 heavy (non-hydrogen) atoms. The monoisotopic (exact) mass is 570 g/mol. The van der Waals surface area contributed by atoms with Gasteiger partial charge >= 0.3 is 0 Å². The maximum atomic E-state index is 12.7. The third-order valence-corrected chi connectivity index (χ3v) is 9.38. The maximum absolute atomic E-state index is 12.7. The van der Waals surface area contributed by atoms with Crippen LogP contribution in [-0.2, 0) is 26.8 Å². The molecule has 8 nitrogen and oxygen atoms in total. The Kier molecular flexibility index (Phi) is 7.15. The predicted octanol–water partition coefficient (Wildman–Crippen LogP) is 5.10. The Morgan fingerprint density at radius 1 is 1.00 bits per heavy atom. The molecule has 2 saturated carbocycles. The van der Waals surface area contributed by atoms with Crippen LogP contribution >= 0.6 is 0 Å². The fourth-order valence-corrected chi connectivity index (χ4v) is 6.64. The molecule has 6 rings (SSSR count). The van der Waals surface area contributed by atoms with Crippen molar-refractivity contribution >= 4 is 15.7 Å². The highest BCUT2D eigenvalue weighted by Crippen LogP contribution is 2.50. The van der Waals surface area contributed by atoms with Crippen LogP contribution < -0.4 is 10.5 Å². The molecule has 0 spiro atoms. The average molecular weight is 571 g/mol. The highest BCUT2D eigenvalue weighted by molar-refractivity contribution is 7.90. The van der Waals surface area contributed by atoms with Crippen LogP contribution in [0.1, 0.15) is 49.4 Å². The number of ether oxygens (including phenoxy) is 1. The quantitative estimate of drug-likeness (QED) is 0.299. The third-order valence-electron chi connectivity index (χ3n) is 8.27. The molecule has 2 N–H and O–H groups in total. The highest BCUT2D eigenvalue weighted by Gasteiger charge is 2.49. The minimum atomic E-state index is -3.40. The molecule has 1 heterocycles. The predicted molar refractivity (Wildman–Crippen MR) is 156 cm³/mol. The maximum Gasteiger partial charge on any atom is 0.221 e. The van der Waals surface area contributed by atoms with Crippen molar-refractivity contribution in [2.45, 2.75) is 55.1 Å². The molecule has 2 aliphatic carbocycles. The molecule has 3 aromatic carbocycles. The van der Waals surface area contributed by atoms with Gasteiger partial charge in [0, 0.05) is 30.7 Å². The first-order valence-electron chi connectivity index (χ1n) is 14.1. The van der Waals surface area contributed by atoms with E-state index in [1.54, 1.807) is 18.2 Å². The Labute approximate surface area is 240 Å². The van der Waals surface area contributed by atoms with E-state index >= 15 is 0 Å². The number of primary amides is 1. The first kappa shape index (κ1) is 27.2. The Morgan fingerprint density at radius 2 is 1.71 bits per heavy atom. The van der Waals surface area contributed by atoms with Crippen LogP contribution in [0.5, 0.6) is 5.75 Å². The largest absolute Gasteiger partial charge is 0.479 e. The van der Waals surface area contributed by atoms with Crippen LogP contribution in [0.4, 0.5) is 0 Å². The first-order chi connectivity index (χ1) is 19.7. The normalized spacial score (nSPS) is 22.8. The number of carbonyl (C=O) groups is 1. The van der Waals surface area contributed by atoms with Crippen LogP contribution in [0.25, 0.3) is 11.4 Å². The van der Waals surface area contributed by atoms with Crippen molar-refractivity contribution in [3.05, 3.63) is 96.3 Å². The van der Waals surface area contributed by atoms with Gasteiger partial charge in [-0.1, -0.05) is 60.7 Å². The Hall–Kier alpha value is -3.98. The van der Waals surface area contributed by atoms with Crippen molar-refractivity contribution in [2.24, 2.45) is 17.6 Å². The van der Waals surface area contributed by atoms with E-state index in [9.17, 15) is 13.2 Å². The zero-order valence-corrected chi connectivity index (χ0v) is 23.8. The zero-order valence-electron chi connectivity index (χ0n) is 23.0. The van der Waals surface area contributed by atoms with Gasteiger partial charge in [0.25, 0.3) is 0 Å². The fourth-order valence-electron chi connectivity index (χ4n) is 5.98. The van der Waals surface area contributed by atoms with Gasteiger partial charge in [-0.05, 0) is 67.3 Å². The second kappa shape index (κ2) is 10.8. The van der Waals surface area contributed by atoms with Gasteiger partial charge < -0.3 is 10.5 Å². The average Bonchev–Trinajstić information content (AvgIpc) is 3.69. The van der Waals surface area contributed by atoms with Gasteiger partial charge in [-0.3, -0.25) is 4.79 Å². The standard InChI is InChI=1S/C32H34N4O4S/c1-41(38,39)26-14-8-11-24(19-26)30-34-31(36(35-30)21-22-15-16-22)32(40-25-12-6-3-7-13-25)18-17-27(29(33)37)28(20-32)23-9-4-2-5-10-23/h2-14,19,22,27-28H,15-18,20-21H2,1H3,(H2,33,37)/t27-,28?,32-/m0/s1. The molecule has 2 aliphatic rings. The molecule has 3 atom stereocenters. The number of para-hydroxylation sites is 1. The first-order valence-corrected chi connectivity index (χ1v) is 16.0. The number of hydrogen-bond acceptors (Lipinski definition) is 6. The molecule has 1 aromatic heterocycles. The number of hydrogen-bond donors (Lipinski definition) is 1. The Morgan fingerprint density at radius 3 is 2.37 bits per heavy atom. The van der Waals surface area contributed by atoms with E-state index in [4.69, 9.17) is 20.6 Å². The van der Waals surface area contributed by atoms with Gasteiger partial charge in [0.05, 0.1) is 4.90 Å². The molecular weight excluding hydrogens is 536 g/mol. The minimum Gasteiger partial charge on any atom is -0.479 e. The van der Waals surface area contributed by atoms with Crippen molar-refractivity contribution in [2.75, 3.05) is 6.26 Å². The van der Waals surface area contributed by atoms with Gasteiger partial charge in [0.1, 0.15) is 5.75 Å². The summed E-state index contributed by atoms with van der Waals surface area (Å²) in [5.41, 5.74) is 6.72. The van der Waals surface area contributed by atoms with Gasteiger partial charge in [-0.15, -0.1) is 0 Å². The van der Waals surface area contributed by atoms with Crippen molar-refractivity contribution < 1.29 is 17.9 Å². The number of sulfone groups is 1. The lowest BCUT2D eigenvalue weighted by Gasteiger charge is -2.43. The van der Waals surface area contributed by atoms with E-state index in [1.807, 2.05) is 71.4 Å². The molecule has 212 valence electrons. The summed E-state index contributed by atoms with van der Waals surface area (Å²) in [6.07, 6.45) is 5.01. The van der Waals surface area contributed by atoms with Crippen LogP contribution in [-0.4, -0.2) is 35.3 Å². The fraction of sp³-hybridized carbons (Fsp3) is 0.344. The molecule has 9 heteroatoms. The van der Waals surface area contributed by atoms with Crippen molar-refractivity contribution in [1.82, 2.24) is 14.8 Å². The van der Waals surface area contributed by atoms with E-state index in [0.717, 1.165) is 18.4 Å². The summed E-state index contributed by atoms with van der Waals surface area (Å²) in [7, 11) is -3.40. The Balaban J connectivity index is 1.50. The van der Waals surface area contributed by atoms with Crippen molar-refractivity contribution in [1.29, 1.82) is 0 Å². The molecule has 0 bridgehead atoms. The van der Waals surface area contributed by atoms with E-state index < -0.39 is 15.4 Å². The van der Waals surface area contributed by atoms with Gasteiger partial charge in [-0.25, -0.2) is 18.1 Å². The van der Waals surface area contributed by atoms with Crippen molar-refractivity contribution in [3.8, 4) is 17.1 Å². The summed E-state index contributed by atoms with van der Waals surface area (Å²) in [5.74, 6) is 1.53. The summed E-state index contributed by atoms with van der Waals surface area (Å²) in [4.78, 5) is 18.0. The minimum absolute atomic E-state index is 0.172. The lowest BCUT2D eigenvalue weighted by Crippen LogP contribution is -2.46. The van der Waals surface area contributed by atoms with Crippen LogP contribution in [0.2, 0.25) is 0 Å². The summed E-state index contributed by atoms with van der Waals surface area (Å²) >= 11 is 0. The lowest BCUT2D eigenvalue weighted by atomic mass is 9.68. The summed E-state index contributed by atoms with van der Waals surface area (Å²) in [6.45, 7) is 0.698. The van der Waals surface area contributed by atoms with Crippen LogP contribution in [0.3, 0.4) is 0 Å². The Bertz CT molecular complexity index is 1650. The summed E-state index contributed by atoms with van der Waals surface area (Å²) < 4.78 is 33.5. The van der Waals surface area contributed by atoms with Crippen LogP contribution in [0.15, 0.2) is 89.8 Å². The third kappa shape index (κ3) is 5.77. The zero-order chi connectivity index (χ0) is 28.6. The second-order valence-electron chi connectivity index (χ2n) is 11.4. The second-order valence-corrected chi connectivity index (χ2v) is 13.4. The molecule has 1 amide bonds. The van der Waals surface area contributed by atoms with Gasteiger partial charge in [0.2, 0.25) is 5.91 Å². The molecule has 0 radical (unpaired) electrons. The van der Waals surface area contributed by atoms with Crippen molar-refractivity contribution in [3.63, 3.8) is 0 Å². The van der Waals surface area contributed by atoms with E-state index in [0.29, 0.717) is 54.7 Å². The van der Waals surface area contributed by atoms with E-state index in [2.05, 4.69) is 0 Å². The molecule has 2 fully saturated rings. The number of benzene rings is 3. The van der Waals surface area contributed by atoms with Gasteiger partial charge in [-0.2, -0.15) is 5.10 Å². The lowest BCUT2D eigenvalue weighted by molar-refractivity contribution is -0.125. The number of nitrogens with two attached hydrogens (primary N) is 1. The smallest absolute Gasteiger partial charge is 0.221 e.